The maximum atomic E-state index is 11.9. The number of hydrogen-bond acceptors (Lipinski definition) is 9. The van der Waals surface area contributed by atoms with Gasteiger partial charge in [-0.3, -0.25) is 0 Å². The highest BCUT2D eigenvalue weighted by atomic mass is 35.5. The minimum atomic E-state index is -3.39. The molecule has 0 fully saturated rings. The molecule has 150 valence electrons. The highest BCUT2D eigenvalue weighted by Gasteiger charge is 2.20. The van der Waals surface area contributed by atoms with Crippen LogP contribution in [0.4, 0.5) is 11.9 Å². The van der Waals surface area contributed by atoms with Crippen molar-refractivity contribution in [2.45, 2.75) is 0 Å². The Hall–Kier alpha value is -0.620. The second-order valence-electron chi connectivity index (χ2n) is 5.15. The summed E-state index contributed by atoms with van der Waals surface area (Å²) >= 11 is 16.8. The number of sulfone groups is 2. The molecule has 0 amide bonds. The molecule has 14 heteroatoms. The number of halogens is 3. The van der Waals surface area contributed by atoms with Crippen molar-refractivity contribution in [2.24, 2.45) is 0 Å². The number of aromatic nitrogens is 3. The van der Waals surface area contributed by atoms with Crippen LogP contribution in [-0.2, 0) is 19.7 Å². The van der Waals surface area contributed by atoms with Crippen LogP contribution < -0.4 is 10.2 Å². The van der Waals surface area contributed by atoms with Crippen LogP contribution in [0.5, 0.6) is 0 Å². The van der Waals surface area contributed by atoms with E-state index in [-0.39, 0.29) is 65.0 Å². The predicted molar refractivity (Wildman–Crippen MR) is 105 cm³/mol. The molecule has 1 aromatic heterocycles. The van der Waals surface area contributed by atoms with E-state index in [2.05, 4.69) is 20.3 Å². The molecule has 0 saturated heterocycles. The van der Waals surface area contributed by atoms with Gasteiger partial charge in [-0.1, -0.05) is 0 Å². The molecule has 1 N–H and O–H groups in total. The molecule has 0 unspecified atom stereocenters. The Morgan fingerprint density at radius 3 is 1.81 bits per heavy atom. The Labute approximate surface area is 168 Å². The summed E-state index contributed by atoms with van der Waals surface area (Å²) < 4.78 is 47.7. The average molecular weight is 469 g/mol. The summed E-state index contributed by atoms with van der Waals surface area (Å²) in [6, 6.07) is 0. The van der Waals surface area contributed by atoms with Gasteiger partial charge in [0.2, 0.25) is 17.2 Å². The van der Waals surface area contributed by atoms with E-state index < -0.39 is 19.7 Å². The first kappa shape index (κ1) is 23.4. The molecule has 0 bridgehead atoms. The van der Waals surface area contributed by atoms with Gasteiger partial charge in [-0.25, -0.2) is 16.8 Å². The fourth-order valence-electron chi connectivity index (χ4n) is 1.84. The molecule has 9 nitrogen and oxygen atoms in total. The summed E-state index contributed by atoms with van der Waals surface area (Å²) in [6.07, 6.45) is 0. The zero-order valence-corrected chi connectivity index (χ0v) is 17.9. The lowest BCUT2D eigenvalue weighted by atomic mass is 10.5. The van der Waals surface area contributed by atoms with Crippen molar-refractivity contribution in [1.82, 2.24) is 15.0 Å². The van der Waals surface area contributed by atoms with Crippen molar-refractivity contribution in [3.05, 3.63) is 5.28 Å². The molecule has 0 spiro atoms. The summed E-state index contributed by atoms with van der Waals surface area (Å²) in [5.41, 5.74) is 0. The first-order valence-electron chi connectivity index (χ1n) is 7.49. The Morgan fingerprint density at radius 2 is 1.38 bits per heavy atom. The van der Waals surface area contributed by atoms with Gasteiger partial charge in [-0.15, -0.1) is 23.2 Å². The molecule has 0 saturated carbocycles. The van der Waals surface area contributed by atoms with Crippen LogP contribution in [0.1, 0.15) is 0 Å². The molecule has 0 aliphatic rings. The molecular weight excluding hydrogens is 449 g/mol. The number of alkyl halides is 2. The van der Waals surface area contributed by atoms with E-state index in [0.717, 1.165) is 0 Å². The lowest BCUT2D eigenvalue weighted by Gasteiger charge is -2.22. The monoisotopic (exact) mass is 467 g/mol. The number of rotatable bonds is 12. The Kier molecular flexibility index (Phi) is 9.59. The van der Waals surface area contributed by atoms with Crippen molar-refractivity contribution in [3.8, 4) is 0 Å². The molecule has 1 aromatic rings. The van der Waals surface area contributed by atoms with E-state index in [0.29, 0.717) is 0 Å². The highest BCUT2D eigenvalue weighted by molar-refractivity contribution is 7.91. The van der Waals surface area contributed by atoms with Crippen molar-refractivity contribution in [2.75, 3.05) is 65.1 Å². The topological polar surface area (TPSA) is 122 Å². The number of nitrogens with zero attached hydrogens (tertiary/aromatic N) is 4. The van der Waals surface area contributed by atoms with E-state index in [4.69, 9.17) is 34.8 Å². The summed E-state index contributed by atoms with van der Waals surface area (Å²) in [5.74, 6) is -0.587. The Morgan fingerprint density at radius 1 is 0.885 bits per heavy atom. The third kappa shape index (κ3) is 8.38. The second-order valence-corrected chi connectivity index (χ2v) is 10.8. The van der Waals surface area contributed by atoms with Crippen LogP contribution in [0.2, 0.25) is 5.28 Å². The van der Waals surface area contributed by atoms with Crippen molar-refractivity contribution >= 4 is 66.4 Å². The van der Waals surface area contributed by atoms with Crippen LogP contribution in [0.25, 0.3) is 0 Å². The maximum absolute atomic E-state index is 11.9. The summed E-state index contributed by atoms with van der Waals surface area (Å²) in [7, 11) is -5.20. The van der Waals surface area contributed by atoms with Crippen molar-refractivity contribution < 1.29 is 16.8 Å². The van der Waals surface area contributed by atoms with E-state index in [1.165, 1.54) is 4.90 Å². The maximum Gasteiger partial charge on any atom is 0.231 e. The standard InChI is InChI=1S/C12H20Cl3N5O4S2/c1-16-11-17-10(15)18-12(19-11)20(4-8-25(21,22)6-2-13)5-9-26(23,24)7-3-14/h2-9H2,1H3,(H,16,17,18,19). The smallest absolute Gasteiger partial charge is 0.231 e. The fourth-order valence-corrected chi connectivity index (χ4v) is 5.28. The van der Waals surface area contributed by atoms with Crippen LogP contribution in [-0.4, -0.2) is 86.7 Å². The Bertz CT molecular complexity index is 752. The third-order valence-corrected chi connectivity index (χ3v) is 7.48. The lowest BCUT2D eigenvalue weighted by Crippen LogP contribution is -2.36. The molecule has 0 aliphatic heterocycles. The van der Waals surface area contributed by atoms with Gasteiger partial charge in [-0.2, -0.15) is 15.0 Å². The van der Waals surface area contributed by atoms with Crippen molar-refractivity contribution in [1.29, 1.82) is 0 Å². The Balaban J connectivity index is 3.03. The number of hydrogen-bond donors (Lipinski definition) is 1. The van der Waals surface area contributed by atoms with Crippen molar-refractivity contribution in [3.63, 3.8) is 0 Å². The third-order valence-electron chi connectivity index (χ3n) is 3.22. The van der Waals surface area contributed by atoms with Gasteiger partial charge in [0.15, 0.2) is 19.7 Å². The quantitative estimate of drug-likeness (QED) is 0.441. The fraction of sp³-hybridized carbons (Fsp3) is 0.750. The molecule has 0 aliphatic carbocycles. The minimum Gasteiger partial charge on any atom is -0.357 e. The summed E-state index contributed by atoms with van der Waals surface area (Å²) in [4.78, 5) is 13.4. The van der Waals surface area contributed by atoms with E-state index in [1.807, 2.05) is 0 Å². The molecule has 0 atom stereocenters. The van der Waals surface area contributed by atoms with Crippen LogP contribution >= 0.6 is 34.8 Å². The van der Waals surface area contributed by atoms with E-state index >= 15 is 0 Å². The van der Waals surface area contributed by atoms with Gasteiger partial charge in [0, 0.05) is 31.9 Å². The van der Waals surface area contributed by atoms with E-state index in [1.54, 1.807) is 7.05 Å². The summed E-state index contributed by atoms with van der Waals surface area (Å²) in [5, 5.41) is 2.60. The average Bonchev–Trinajstić information content (AvgIpc) is 2.53. The van der Waals surface area contributed by atoms with Gasteiger partial charge < -0.3 is 10.2 Å². The van der Waals surface area contributed by atoms with Gasteiger partial charge in [0.05, 0.1) is 23.0 Å². The van der Waals surface area contributed by atoms with Gasteiger partial charge in [0.1, 0.15) is 0 Å². The van der Waals surface area contributed by atoms with Crippen LogP contribution in [0.3, 0.4) is 0 Å². The van der Waals surface area contributed by atoms with Crippen LogP contribution in [0, 0.1) is 0 Å². The predicted octanol–water partition coefficient (Wildman–Crippen LogP) is 0.680. The normalized spacial score (nSPS) is 12.2. The number of nitrogens with one attached hydrogen (secondary N) is 1. The molecule has 0 radical (unpaired) electrons. The van der Waals surface area contributed by atoms with E-state index in [9.17, 15) is 16.8 Å². The number of anilines is 2. The van der Waals surface area contributed by atoms with Gasteiger partial charge >= 0.3 is 0 Å². The van der Waals surface area contributed by atoms with Gasteiger partial charge in [0.25, 0.3) is 0 Å². The zero-order valence-electron chi connectivity index (χ0n) is 14.0. The molecule has 1 heterocycles. The first-order valence-corrected chi connectivity index (χ1v) is 12.6. The zero-order chi connectivity index (χ0) is 19.8. The summed E-state index contributed by atoms with van der Waals surface area (Å²) in [6.45, 7) is -0.0295. The molecule has 1 rings (SSSR count). The highest BCUT2D eigenvalue weighted by Crippen LogP contribution is 2.14. The molecule has 0 aromatic carbocycles. The van der Waals surface area contributed by atoms with Gasteiger partial charge in [-0.05, 0) is 11.6 Å². The first-order chi connectivity index (χ1) is 12.1. The SMILES string of the molecule is CNc1nc(Cl)nc(N(CCS(=O)(=O)CCCl)CCS(=O)(=O)CCCl)n1. The lowest BCUT2D eigenvalue weighted by molar-refractivity contribution is 0.594. The minimum absolute atomic E-state index is 0.0148. The molecular formula is C12H20Cl3N5O4S2. The largest absolute Gasteiger partial charge is 0.357 e. The van der Waals surface area contributed by atoms with Crippen LogP contribution in [0.15, 0.2) is 0 Å². The second kappa shape index (κ2) is 10.6. The molecule has 26 heavy (non-hydrogen) atoms.